The van der Waals surface area contributed by atoms with Crippen LogP contribution in [0.15, 0.2) is 24.3 Å². The predicted molar refractivity (Wildman–Crippen MR) is 105 cm³/mol. The standard InChI is InChI=1S/C20H24N2O3S/c1-3-25-19(23)17-14-10-5-4-6-12-16(14)26-18(17)22-20(24)21-15-11-8-7-9-13(15)2/h7-9,11H,3-6,10,12H2,1-2H3,(H2,21,22,24). The Labute approximate surface area is 157 Å². The number of anilines is 2. The second-order valence-electron chi connectivity index (χ2n) is 6.38. The van der Waals surface area contributed by atoms with Crippen molar-refractivity contribution in [2.75, 3.05) is 17.2 Å². The first-order chi connectivity index (χ1) is 12.6. The summed E-state index contributed by atoms with van der Waals surface area (Å²) in [5, 5.41) is 6.31. The lowest BCUT2D eigenvalue weighted by molar-refractivity contribution is 0.0527. The largest absolute Gasteiger partial charge is 0.462 e. The predicted octanol–water partition coefficient (Wildman–Crippen LogP) is 5.15. The monoisotopic (exact) mass is 372 g/mol. The number of rotatable bonds is 4. The molecular weight excluding hydrogens is 348 g/mol. The highest BCUT2D eigenvalue weighted by molar-refractivity contribution is 7.17. The number of fused-ring (bicyclic) bond motifs is 1. The Morgan fingerprint density at radius 3 is 2.65 bits per heavy atom. The third-order valence-corrected chi connectivity index (χ3v) is 5.73. The molecule has 0 saturated heterocycles. The van der Waals surface area contributed by atoms with Crippen LogP contribution in [-0.4, -0.2) is 18.6 Å². The normalized spacial score (nSPS) is 13.5. The number of thiophene rings is 1. The van der Waals surface area contributed by atoms with Crippen molar-refractivity contribution in [3.8, 4) is 0 Å². The van der Waals surface area contributed by atoms with E-state index in [4.69, 9.17) is 4.74 Å². The molecule has 1 aromatic heterocycles. The molecule has 2 amide bonds. The van der Waals surface area contributed by atoms with Gasteiger partial charge in [-0.1, -0.05) is 24.6 Å². The summed E-state index contributed by atoms with van der Waals surface area (Å²) in [6.07, 6.45) is 5.16. The highest BCUT2D eigenvalue weighted by Crippen LogP contribution is 2.38. The van der Waals surface area contributed by atoms with Crippen LogP contribution < -0.4 is 10.6 Å². The molecule has 0 atom stereocenters. The summed E-state index contributed by atoms with van der Waals surface area (Å²) in [5.41, 5.74) is 3.32. The first-order valence-electron chi connectivity index (χ1n) is 9.05. The molecule has 0 unspecified atom stereocenters. The van der Waals surface area contributed by atoms with Gasteiger partial charge in [-0.2, -0.15) is 0 Å². The van der Waals surface area contributed by atoms with Crippen LogP contribution in [0.4, 0.5) is 15.5 Å². The van der Waals surface area contributed by atoms with Gasteiger partial charge in [-0.25, -0.2) is 9.59 Å². The summed E-state index contributed by atoms with van der Waals surface area (Å²) >= 11 is 1.50. The van der Waals surface area contributed by atoms with Crippen molar-refractivity contribution in [2.24, 2.45) is 0 Å². The van der Waals surface area contributed by atoms with Crippen molar-refractivity contribution in [3.05, 3.63) is 45.8 Å². The molecule has 0 spiro atoms. The molecule has 1 aromatic carbocycles. The van der Waals surface area contributed by atoms with Crippen LogP contribution in [0.25, 0.3) is 0 Å². The first-order valence-corrected chi connectivity index (χ1v) is 9.87. The van der Waals surface area contributed by atoms with Gasteiger partial charge in [0.25, 0.3) is 0 Å². The zero-order valence-corrected chi connectivity index (χ0v) is 16.0. The molecule has 1 aliphatic rings. The number of hydrogen-bond acceptors (Lipinski definition) is 4. The van der Waals surface area contributed by atoms with Crippen molar-refractivity contribution in [1.29, 1.82) is 0 Å². The maximum Gasteiger partial charge on any atom is 0.341 e. The van der Waals surface area contributed by atoms with Crippen LogP contribution in [0.5, 0.6) is 0 Å². The van der Waals surface area contributed by atoms with Gasteiger partial charge in [0.05, 0.1) is 12.2 Å². The van der Waals surface area contributed by atoms with E-state index < -0.39 is 0 Å². The Morgan fingerprint density at radius 2 is 1.88 bits per heavy atom. The lowest BCUT2D eigenvalue weighted by Crippen LogP contribution is -2.21. The number of carbonyl (C=O) groups is 2. The lowest BCUT2D eigenvalue weighted by Gasteiger charge is -2.11. The molecule has 1 aliphatic carbocycles. The minimum atomic E-state index is -0.349. The Balaban J connectivity index is 1.85. The zero-order chi connectivity index (χ0) is 18.5. The molecule has 6 heteroatoms. The van der Waals surface area contributed by atoms with E-state index in [0.717, 1.165) is 42.5 Å². The summed E-state index contributed by atoms with van der Waals surface area (Å²) in [5.74, 6) is -0.349. The Kier molecular flexibility index (Phi) is 5.93. The van der Waals surface area contributed by atoms with Gasteiger partial charge in [-0.3, -0.25) is 5.32 Å². The fourth-order valence-electron chi connectivity index (χ4n) is 3.22. The first kappa shape index (κ1) is 18.5. The van der Waals surface area contributed by atoms with Crippen LogP contribution in [-0.2, 0) is 17.6 Å². The molecule has 0 aliphatic heterocycles. The quantitative estimate of drug-likeness (QED) is 0.576. The number of urea groups is 1. The molecule has 1 heterocycles. The van der Waals surface area contributed by atoms with Crippen molar-refractivity contribution in [1.82, 2.24) is 0 Å². The number of benzene rings is 1. The minimum absolute atomic E-state index is 0.318. The number of para-hydroxylation sites is 1. The molecule has 0 radical (unpaired) electrons. The van der Waals surface area contributed by atoms with E-state index in [0.29, 0.717) is 17.2 Å². The fourth-order valence-corrected chi connectivity index (χ4v) is 4.49. The van der Waals surface area contributed by atoms with Crippen molar-refractivity contribution in [3.63, 3.8) is 0 Å². The number of aryl methyl sites for hydroxylation is 2. The summed E-state index contributed by atoms with van der Waals surface area (Å²) in [6.45, 7) is 4.05. The molecule has 2 aromatic rings. The molecule has 3 rings (SSSR count). The van der Waals surface area contributed by atoms with Crippen molar-refractivity contribution in [2.45, 2.75) is 46.0 Å². The topological polar surface area (TPSA) is 67.4 Å². The van der Waals surface area contributed by atoms with Crippen LogP contribution in [0.2, 0.25) is 0 Å². The molecule has 0 fully saturated rings. The second kappa shape index (κ2) is 8.36. The Morgan fingerprint density at radius 1 is 1.12 bits per heavy atom. The van der Waals surface area contributed by atoms with E-state index in [1.54, 1.807) is 6.92 Å². The second-order valence-corrected chi connectivity index (χ2v) is 7.49. The van der Waals surface area contributed by atoms with Gasteiger partial charge >= 0.3 is 12.0 Å². The molecule has 26 heavy (non-hydrogen) atoms. The maximum absolute atomic E-state index is 12.5. The van der Waals surface area contributed by atoms with Gasteiger partial charge in [0.1, 0.15) is 5.00 Å². The van der Waals surface area contributed by atoms with Gasteiger partial charge in [0.15, 0.2) is 0 Å². The number of amides is 2. The van der Waals surface area contributed by atoms with Crippen LogP contribution in [0.3, 0.4) is 0 Å². The number of carbonyl (C=O) groups excluding carboxylic acids is 2. The average molecular weight is 372 g/mol. The van der Waals surface area contributed by atoms with E-state index in [9.17, 15) is 9.59 Å². The average Bonchev–Trinajstić information content (AvgIpc) is 2.78. The van der Waals surface area contributed by atoms with Crippen LogP contribution in [0.1, 0.15) is 52.5 Å². The van der Waals surface area contributed by atoms with Crippen molar-refractivity contribution >= 4 is 34.0 Å². The van der Waals surface area contributed by atoms with Gasteiger partial charge in [0.2, 0.25) is 0 Å². The molecule has 5 nitrogen and oxygen atoms in total. The molecule has 2 N–H and O–H groups in total. The molecular formula is C20H24N2O3S. The van der Waals surface area contributed by atoms with E-state index in [1.807, 2.05) is 31.2 Å². The maximum atomic E-state index is 12.5. The van der Waals surface area contributed by atoms with Crippen molar-refractivity contribution < 1.29 is 14.3 Å². The third-order valence-electron chi connectivity index (χ3n) is 4.52. The molecule has 138 valence electrons. The van der Waals surface area contributed by atoms with E-state index in [-0.39, 0.29) is 12.0 Å². The van der Waals surface area contributed by atoms with E-state index in [2.05, 4.69) is 10.6 Å². The Bertz CT molecular complexity index is 813. The summed E-state index contributed by atoms with van der Waals surface area (Å²) in [7, 11) is 0. The Hall–Kier alpha value is -2.34. The van der Waals surface area contributed by atoms with Gasteiger partial charge in [-0.15, -0.1) is 11.3 Å². The highest BCUT2D eigenvalue weighted by atomic mass is 32.1. The summed E-state index contributed by atoms with van der Waals surface area (Å²) in [6, 6.07) is 7.24. The minimum Gasteiger partial charge on any atom is -0.462 e. The number of hydrogen-bond donors (Lipinski definition) is 2. The SMILES string of the molecule is CCOC(=O)c1c(NC(=O)Nc2ccccc2C)sc2c1CCCCC2. The lowest BCUT2D eigenvalue weighted by atomic mass is 10.1. The van der Waals surface area contributed by atoms with E-state index >= 15 is 0 Å². The zero-order valence-electron chi connectivity index (χ0n) is 15.2. The summed E-state index contributed by atoms with van der Waals surface area (Å²) in [4.78, 5) is 26.2. The highest BCUT2D eigenvalue weighted by Gasteiger charge is 2.26. The smallest absolute Gasteiger partial charge is 0.341 e. The van der Waals surface area contributed by atoms with Gasteiger partial charge in [-0.05, 0) is 56.7 Å². The van der Waals surface area contributed by atoms with Crippen LogP contribution >= 0.6 is 11.3 Å². The number of esters is 1. The fraction of sp³-hybridized carbons (Fsp3) is 0.400. The number of nitrogens with one attached hydrogen (secondary N) is 2. The van der Waals surface area contributed by atoms with Crippen LogP contribution in [0, 0.1) is 6.92 Å². The summed E-state index contributed by atoms with van der Waals surface area (Å²) < 4.78 is 5.25. The van der Waals surface area contributed by atoms with E-state index in [1.165, 1.54) is 22.6 Å². The number of ether oxygens (including phenoxy) is 1. The third kappa shape index (κ3) is 4.07. The molecule has 0 bridgehead atoms. The van der Waals surface area contributed by atoms with Gasteiger partial charge < -0.3 is 10.1 Å². The van der Waals surface area contributed by atoms with Gasteiger partial charge in [0, 0.05) is 10.6 Å². The molecule has 0 saturated carbocycles.